The van der Waals surface area contributed by atoms with Crippen LogP contribution in [0.2, 0.25) is 0 Å². The van der Waals surface area contributed by atoms with E-state index in [0.717, 1.165) is 32.5 Å². The summed E-state index contributed by atoms with van der Waals surface area (Å²) in [6.07, 6.45) is 2.43. The van der Waals surface area contributed by atoms with Crippen LogP contribution in [0.5, 0.6) is 5.75 Å². The van der Waals surface area contributed by atoms with Crippen LogP contribution >= 0.6 is 11.3 Å². The van der Waals surface area contributed by atoms with Gasteiger partial charge in [-0.1, -0.05) is 18.3 Å². The third-order valence-corrected chi connectivity index (χ3v) is 6.34. The maximum Gasteiger partial charge on any atom is 0.254 e. The van der Waals surface area contributed by atoms with Gasteiger partial charge in [0.25, 0.3) is 5.91 Å². The first-order valence-electron chi connectivity index (χ1n) is 11.0. The van der Waals surface area contributed by atoms with Crippen LogP contribution in [0.15, 0.2) is 42.6 Å². The van der Waals surface area contributed by atoms with Crippen molar-refractivity contribution < 1.29 is 14.7 Å². The lowest BCUT2D eigenvalue weighted by molar-refractivity contribution is 0.0732. The van der Waals surface area contributed by atoms with Gasteiger partial charge in [-0.15, -0.1) is 0 Å². The molecular weight excluding hydrogens is 438 g/mol. The number of carbonyl (C=O) groups excluding carboxylic acids is 1. The number of hydrazine groups is 1. The van der Waals surface area contributed by atoms with E-state index in [4.69, 9.17) is 10.5 Å². The van der Waals surface area contributed by atoms with E-state index in [-0.39, 0.29) is 11.9 Å². The molecule has 0 spiro atoms. The SMILES string of the molecule is CCc1cc(N(O)NC(C)C)ccc1C(=O)N1CCOc2ccc(-c3cnc(N)s3)cc2C1. The number of nitrogens with two attached hydrogens (primary N) is 1. The Morgan fingerprint density at radius 1 is 1.33 bits per heavy atom. The smallest absolute Gasteiger partial charge is 0.254 e. The summed E-state index contributed by atoms with van der Waals surface area (Å²) in [5.41, 5.74) is 12.8. The number of ether oxygens (including phenoxy) is 1. The Morgan fingerprint density at radius 2 is 2.15 bits per heavy atom. The van der Waals surface area contributed by atoms with Gasteiger partial charge in [-0.05, 0) is 67.8 Å². The Kier molecular flexibility index (Phi) is 6.83. The van der Waals surface area contributed by atoms with Crippen LogP contribution in [0.4, 0.5) is 10.8 Å². The van der Waals surface area contributed by atoms with E-state index in [1.807, 2.05) is 49.9 Å². The lowest BCUT2D eigenvalue weighted by Gasteiger charge is -2.24. The molecule has 0 unspecified atom stereocenters. The van der Waals surface area contributed by atoms with E-state index in [1.165, 1.54) is 11.3 Å². The van der Waals surface area contributed by atoms with Gasteiger partial charge >= 0.3 is 0 Å². The molecule has 0 saturated heterocycles. The van der Waals surface area contributed by atoms with E-state index < -0.39 is 0 Å². The monoisotopic (exact) mass is 467 g/mol. The second kappa shape index (κ2) is 9.78. The zero-order chi connectivity index (χ0) is 23.5. The van der Waals surface area contributed by atoms with Crippen LogP contribution in [-0.2, 0) is 13.0 Å². The molecule has 174 valence electrons. The number of carbonyl (C=O) groups is 1. The zero-order valence-corrected chi connectivity index (χ0v) is 19.9. The highest BCUT2D eigenvalue weighted by atomic mass is 32.1. The number of anilines is 2. The Bertz CT molecular complexity index is 1150. The van der Waals surface area contributed by atoms with E-state index in [9.17, 15) is 10.0 Å². The average molecular weight is 468 g/mol. The Labute approximate surface area is 197 Å². The van der Waals surface area contributed by atoms with Gasteiger partial charge in [0.15, 0.2) is 5.13 Å². The summed E-state index contributed by atoms with van der Waals surface area (Å²) in [6.45, 7) is 7.24. The first kappa shape index (κ1) is 23.0. The maximum atomic E-state index is 13.5. The van der Waals surface area contributed by atoms with E-state index >= 15 is 0 Å². The minimum atomic E-state index is -0.0522. The third-order valence-electron chi connectivity index (χ3n) is 5.46. The summed E-state index contributed by atoms with van der Waals surface area (Å²) in [5, 5.41) is 11.8. The molecular formula is C24H29N5O3S. The van der Waals surface area contributed by atoms with Crippen molar-refractivity contribution in [2.75, 3.05) is 24.1 Å². The third kappa shape index (κ3) is 5.11. The van der Waals surface area contributed by atoms with Crippen molar-refractivity contribution in [3.63, 3.8) is 0 Å². The highest BCUT2D eigenvalue weighted by Gasteiger charge is 2.24. The fourth-order valence-corrected chi connectivity index (χ4v) is 4.53. The Balaban J connectivity index is 1.59. The Morgan fingerprint density at radius 3 is 2.85 bits per heavy atom. The molecule has 0 saturated carbocycles. The van der Waals surface area contributed by atoms with Crippen molar-refractivity contribution in [2.45, 2.75) is 39.8 Å². The molecule has 1 aliphatic heterocycles. The number of hydrogen-bond acceptors (Lipinski definition) is 8. The predicted octanol–water partition coefficient (Wildman–Crippen LogP) is 4.10. The van der Waals surface area contributed by atoms with Crippen LogP contribution in [0, 0.1) is 0 Å². The molecule has 0 radical (unpaired) electrons. The molecule has 0 bridgehead atoms. The van der Waals surface area contributed by atoms with Crippen LogP contribution in [-0.4, -0.2) is 40.2 Å². The summed E-state index contributed by atoms with van der Waals surface area (Å²) >= 11 is 1.43. The first-order chi connectivity index (χ1) is 15.9. The van der Waals surface area contributed by atoms with E-state index in [1.54, 1.807) is 18.3 Å². The lowest BCUT2D eigenvalue weighted by Crippen LogP contribution is -2.40. The van der Waals surface area contributed by atoms with Crippen molar-refractivity contribution in [3.05, 3.63) is 59.3 Å². The highest BCUT2D eigenvalue weighted by molar-refractivity contribution is 7.18. The topological polar surface area (TPSA) is 104 Å². The minimum Gasteiger partial charge on any atom is -0.491 e. The van der Waals surface area contributed by atoms with Gasteiger partial charge in [0.2, 0.25) is 0 Å². The molecule has 2 aromatic carbocycles. The standard InChI is InChI=1S/C24H29N5O3S/c1-4-16-12-19(29(31)27-15(2)3)6-7-20(16)23(30)28-9-10-32-21-8-5-17(11-18(21)14-28)22-13-26-24(25)33-22/h5-8,11-13,15,27,31H,4,9-10,14H2,1-3H3,(H2,25,26). The van der Waals surface area contributed by atoms with E-state index in [2.05, 4.69) is 10.4 Å². The van der Waals surface area contributed by atoms with Gasteiger partial charge in [-0.3, -0.25) is 10.0 Å². The molecule has 1 amide bonds. The van der Waals surface area contributed by atoms with Crippen LogP contribution in [0.3, 0.4) is 0 Å². The summed E-state index contributed by atoms with van der Waals surface area (Å²) in [7, 11) is 0. The number of fused-ring (bicyclic) bond motifs is 1. The number of hydrogen-bond donors (Lipinski definition) is 3. The normalized spacial score (nSPS) is 13.4. The second-order valence-electron chi connectivity index (χ2n) is 8.25. The van der Waals surface area contributed by atoms with Gasteiger partial charge in [0.1, 0.15) is 12.4 Å². The van der Waals surface area contributed by atoms with Crippen molar-refractivity contribution >= 4 is 28.1 Å². The zero-order valence-electron chi connectivity index (χ0n) is 19.0. The largest absolute Gasteiger partial charge is 0.491 e. The van der Waals surface area contributed by atoms with Gasteiger partial charge in [0.05, 0.1) is 17.1 Å². The fraction of sp³-hybridized carbons (Fsp3) is 0.333. The first-order valence-corrected chi connectivity index (χ1v) is 11.8. The molecule has 3 aromatic rings. The maximum absolute atomic E-state index is 13.5. The fourth-order valence-electron chi connectivity index (χ4n) is 3.84. The molecule has 2 heterocycles. The minimum absolute atomic E-state index is 0.0522. The van der Waals surface area contributed by atoms with Gasteiger partial charge in [0, 0.05) is 29.9 Å². The number of thiazole rings is 1. The summed E-state index contributed by atoms with van der Waals surface area (Å²) in [5.74, 6) is 0.733. The number of aromatic nitrogens is 1. The predicted molar refractivity (Wildman–Crippen MR) is 131 cm³/mol. The molecule has 1 aliphatic rings. The van der Waals surface area contributed by atoms with Crippen molar-refractivity contribution in [3.8, 4) is 16.2 Å². The molecule has 0 aliphatic carbocycles. The number of amides is 1. The molecule has 9 heteroatoms. The van der Waals surface area contributed by atoms with Crippen molar-refractivity contribution in [1.29, 1.82) is 0 Å². The summed E-state index contributed by atoms with van der Waals surface area (Å²) < 4.78 is 5.93. The summed E-state index contributed by atoms with van der Waals surface area (Å²) in [4.78, 5) is 20.4. The number of rotatable bonds is 6. The van der Waals surface area contributed by atoms with Gasteiger partial charge in [-0.2, -0.15) is 5.17 Å². The number of nitrogen functional groups attached to an aromatic ring is 1. The highest BCUT2D eigenvalue weighted by Crippen LogP contribution is 2.33. The van der Waals surface area contributed by atoms with Crippen LogP contribution in [0.1, 0.15) is 42.3 Å². The average Bonchev–Trinajstić information content (AvgIpc) is 3.12. The molecule has 0 fully saturated rings. The lowest BCUT2D eigenvalue weighted by atomic mass is 10.0. The van der Waals surface area contributed by atoms with E-state index in [0.29, 0.717) is 42.5 Å². The molecule has 4 rings (SSSR count). The molecule has 8 nitrogen and oxygen atoms in total. The van der Waals surface area contributed by atoms with Gasteiger partial charge < -0.3 is 15.4 Å². The molecule has 0 atom stereocenters. The summed E-state index contributed by atoms with van der Waals surface area (Å²) in [6, 6.07) is 11.4. The van der Waals surface area contributed by atoms with Crippen molar-refractivity contribution in [2.24, 2.45) is 0 Å². The molecule has 33 heavy (non-hydrogen) atoms. The van der Waals surface area contributed by atoms with Crippen molar-refractivity contribution in [1.82, 2.24) is 15.3 Å². The van der Waals surface area contributed by atoms with Crippen LogP contribution in [0.25, 0.3) is 10.4 Å². The second-order valence-corrected chi connectivity index (χ2v) is 9.31. The number of nitrogens with one attached hydrogen (secondary N) is 1. The number of nitrogens with zero attached hydrogens (tertiary/aromatic N) is 3. The quantitative estimate of drug-likeness (QED) is 0.469. The molecule has 4 N–H and O–H groups in total. The number of aryl methyl sites for hydroxylation is 1. The number of benzene rings is 2. The van der Waals surface area contributed by atoms with Gasteiger partial charge in [-0.25, -0.2) is 10.4 Å². The Hall–Kier alpha value is -3.14. The molecule has 1 aromatic heterocycles. The van der Waals surface area contributed by atoms with Crippen LogP contribution < -0.4 is 21.1 Å².